The highest BCUT2D eigenvalue weighted by Crippen LogP contribution is 2.32. The van der Waals surface area contributed by atoms with Crippen LogP contribution in [-0.4, -0.2) is 32.0 Å². The first-order chi connectivity index (χ1) is 12.6. The maximum atomic E-state index is 12.9. The van der Waals surface area contributed by atoms with Gasteiger partial charge in [0.25, 0.3) is 0 Å². The summed E-state index contributed by atoms with van der Waals surface area (Å²) in [6, 6.07) is 13.5. The molecular weight excluding hydrogens is 335 g/mol. The number of carbonyl (C=O) groups excluding carboxylic acids is 2. The number of anilines is 1. The summed E-state index contributed by atoms with van der Waals surface area (Å²) in [6.45, 7) is 0.783. The summed E-state index contributed by atoms with van der Waals surface area (Å²) < 4.78 is 18.2. The van der Waals surface area contributed by atoms with Gasteiger partial charge in [0.1, 0.15) is 11.6 Å². The van der Waals surface area contributed by atoms with Crippen molar-refractivity contribution in [2.24, 2.45) is 5.92 Å². The SMILES string of the molecule is COc1ccccc1N1C[C@H](C(=O)NCCc2ccc(F)cc2)CC1=O. The van der Waals surface area contributed by atoms with Crippen LogP contribution < -0.4 is 15.0 Å². The second kappa shape index (κ2) is 7.99. The van der Waals surface area contributed by atoms with E-state index in [1.807, 2.05) is 18.2 Å². The molecule has 26 heavy (non-hydrogen) atoms. The van der Waals surface area contributed by atoms with E-state index in [4.69, 9.17) is 4.74 Å². The molecule has 3 rings (SSSR count). The number of amides is 2. The monoisotopic (exact) mass is 356 g/mol. The van der Waals surface area contributed by atoms with Crippen LogP contribution in [-0.2, 0) is 16.0 Å². The number of halogens is 1. The van der Waals surface area contributed by atoms with Gasteiger partial charge in [0.05, 0.1) is 18.7 Å². The number of benzene rings is 2. The van der Waals surface area contributed by atoms with Crippen LogP contribution in [0.15, 0.2) is 48.5 Å². The van der Waals surface area contributed by atoms with Crippen LogP contribution in [0.25, 0.3) is 0 Å². The Bertz CT molecular complexity index is 792. The van der Waals surface area contributed by atoms with Crippen molar-refractivity contribution in [2.75, 3.05) is 25.1 Å². The number of para-hydroxylation sites is 2. The van der Waals surface area contributed by atoms with Crippen LogP contribution in [0.5, 0.6) is 5.75 Å². The van der Waals surface area contributed by atoms with E-state index in [2.05, 4.69) is 5.32 Å². The van der Waals surface area contributed by atoms with Crippen molar-refractivity contribution in [3.63, 3.8) is 0 Å². The Morgan fingerprint density at radius 1 is 1.23 bits per heavy atom. The largest absolute Gasteiger partial charge is 0.495 e. The van der Waals surface area contributed by atoms with Gasteiger partial charge in [-0.25, -0.2) is 4.39 Å². The molecule has 2 amide bonds. The molecule has 0 aliphatic carbocycles. The van der Waals surface area contributed by atoms with Gasteiger partial charge in [0.15, 0.2) is 0 Å². The predicted octanol–water partition coefficient (Wildman–Crippen LogP) is 2.55. The lowest BCUT2D eigenvalue weighted by Crippen LogP contribution is -2.34. The van der Waals surface area contributed by atoms with Gasteiger partial charge in [-0.2, -0.15) is 0 Å². The molecule has 1 atom stereocenters. The molecule has 0 radical (unpaired) electrons. The lowest BCUT2D eigenvalue weighted by Gasteiger charge is -2.19. The van der Waals surface area contributed by atoms with Crippen molar-refractivity contribution in [1.82, 2.24) is 5.32 Å². The predicted molar refractivity (Wildman–Crippen MR) is 96.6 cm³/mol. The van der Waals surface area contributed by atoms with E-state index in [0.29, 0.717) is 30.9 Å². The molecule has 2 aromatic carbocycles. The van der Waals surface area contributed by atoms with Gasteiger partial charge in [-0.15, -0.1) is 0 Å². The average Bonchev–Trinajstić information content (AvgIpc) is 3.05. The quantitative estimate of drug-likeness (QED) is 0.865. The zero-order valence-electron chi connectivity index (χ0n) is 14.6. The van der Waals surface area contributed by atoms with Crippen LogP contribution in [0.1, 0.15) is 12.0 Å². The number of methoxy groups -OCH3 is 1. The number of hydrogen-bond acceptors (Lipinski definition) is 3. The fraction of sp³-hybridized carbons (Fsp3) is 0.300. The minimum Gasteiger partial charge on any atom is -0.495 e. The Labute approximate surface area is 151 Å². The van der Waals surface area contributed by atoms with Crippen molar-refractivity contribution < 1.29 is 18.7 Å². The first-order valence-corrected chi connectivity index (χ1v) is 8.54. The van der Waals surface area contributed by atoms with Gasteiger partial charge in [0.2, 0.25) is 11.8 Å². The summed E-state index contributed by atoms with van der Waals surface area (Å²) in [5, 5.41) is 2.87. The maximum absolute atomic E-state index is 12.9. The molecule has 1 aliphatic rings. The number of hydrogen-bond donors (Lipinski definition) is 1. The molecule has 0 aromatic heterocycles. The normalized spacial score (nSPS) is 16.6. The molecule has 0 spiro atoms. The lowest BCUT2D eigenvalue weighted by molar-refractivity contribution is -0.126. The molecule has 1 saturated heterocycles. The minimum atomic E-state index is -0.388. The van der Waals surface area contributed by atoms with Crippen LogP contribution in [0.2, 0.25) is 0 Å². The van der Waals surface area contributed by atoms with Crippen LogP contribution >= 0.6 is 0 Å². The number of nitrogens with zero attached hydrogens (tertiary/aromatic N) is 1. The van der Waals surface area contributed by atoms with Crippen molar-refractivity contribution in [1.29, 1.82) is 0 Å². The van der Waals surface area contributed by atoms with Gasteiger partial charge in [-0.05, 0) is 36.2 Å². The van der Waals surface area contributed by atoms with Gasteiger partial charge >= 0.3 is 0 Å². The molecule has 0 unspecified atom stereocenters. The summed E-state index contributed by atoms with van der Waals surface area (Å²) in [7, 11) is 1.55. The number of ether oxygens (including phenoxy) is 1. The molecule has 1 N–H and O–H groups in total. The Balaban J connectivity index is 1.56. The molecule has 5 nitrogen and oxygen atoms in total. The topological polar surface area (TPSA) is 58.6 Å². The van der Waals surface area contributed by atoms with E-state index in [1.54, 1.807) is 30.2 Å². The molecule has 1 aliphatic heterocycles. The summed E-state index contributed by atoms with van der Waals surface area (Å²) in [5.41, 5.74) is 1.63. The van der Waals surface area contributed by atoms with Crippen molar-refractivity contribution in [3.8, 4) is 5.75 Å². The number of rotatable bonds is 6. The fourth-order valence-corrected chi connectivity index (χ4v) is 3.09. The van der Waals surface area contributed by atoms with Gasteiger partial charge in [-0.1, -0.05) is 24.3 Å². The summed E-state index contributed by atoms with van der Waals surface area (Å²) in [5.74, 6) is -0.288. The van der Waals surface area contributed by atoms with Gasteiger partial charge < -0.3 is 15.0 Å². The zero-order chi connectivity index (χ0) is 18.5. The minimum absolute atomic E-state index is 0.0896. The molecule has 0 saturated carbocycles. The summed E-state index contributed by atoms with van der Waals surface area (Å²) in [6.07, 6.45) is 0.795. The highest BCUT2D eigenvalue weighted by atomic mass is 19.1. The average molecular weight is 356 g/mol. The Hall–Kier alpha value is -2.89. The second-order valence-corrected chi connectivity index (χ2v) is 6.24. The fourth-order valence-electron chi connectivity index (χ4n) is 3.09. The summed E-state index contributed by atoms with van der Waals surface area (Å²) in [4.78, 5) is 26.3. The van der Waals surface area contributed by atoms with Crippen LogP contribution in [0.3, 0.4) is 0 Å². The third-order valence-electron chi connectivity index (χ3n) is 4.50. The zero-order valence-corrected chi connectivity index (χ0v) is 14.6. The van der Waals surface area contributed by atoms with Gasteiger partial charge in [-0.3, -0.25) is 9.59 Å². The summed E-state index contributed by atoms with van der Waals surface area (Å²) >= 11 is 0. The molecule has 6 heteroatoms. The van der Waals surface area contributed by atoms with Gasteiger partial charge in [0, 0.05) is 19.5 Å². The molecular formula is C20H21FN2O3. The molecule has 1 fully saturated rings. The second-order valence-electron chi connectivity index (χ2n) is 6.24. The third kappa shape index (κ3) is 4.02. The standard InChI is InChI=1S/C20H21FN2O3/c1-26-18-5-3-2-4-17(18)23-13-15(12-19(23)24)20(25)22-11-10-14-6-8-16(21)9-7-14/h2-9,15H,10-13H2,1H3,(H,22,25)/t15-/m1/s1. The Morgan fingerprint density at radius 3 is 2.69 bits per heavy atom. The molecule has 1 heterocycles. The first kappa shape index (κ1) is 17.9. The third-order valence-corrected chi connectivity index (χ3v) is 4.50. The Kier molecular flexibility index (Phi) is 5.51. The van der Waals surface area contributed by atoms with Crippen molar-refractivity contribution in [3.05, 3.63) is 59.9 Å². The number of carbonyl (C=O) groups is 2. The first-order valence-electron chi connectivity index (χ1n) is 8.54. The van der Waals surface area contributed by atoms with Crippen LogP contribution in [0, 0.1) is 11.7 Å². The smallest absolute Gasteiger partial charge is 0.227 e. The number of nitrogens with one attached hydrogen (secondary N) is 1. The lowest BCUT2D eigenvalue weighted by atomic mass is 10.1. The van der Waals surface area contributed by atoms with Crippen molar-refractivity contribution >= 4 is 17.5 Å². The van der Waals surface area contributed by atoms with Crippen LogP contribution in [0.4, 0.5) is 10.1 Å². The van der Waals surface area contributed by atoms with E-state index in [9.17, 15) is 14.0 Å². The van der Waals surface area contributed by atoms with Crippen molar-refractivity contribution in [2.45, 2.75) is 12.8 Å². The maximum Gasteiger partial charge on any atom is 0.227 e. The van der Waals surface area contributed by atoms with E-state index >= 15 is 0 Å². The Morgan fingerprint density at radius 2 is 1.96 bits per heavy atom. The van der Waals surface area contributed by atoms with E-state index in [0.717, 1.165) is 5.56 Å². The highest BCUT2D eigenvalue weighted by molar-refractivity contribution is 6.01. The molecule has 2 aromatic rings. The van der Waals surface area contributed by atoms with E-state index in [1.165, 1.54) is 12.1 Å². The molecule has 136 valence electrons. The van der Waals surface area contributed by atoms with E-state index < -0.39 is 0 Å². The van der Waals surface area contributed by atoms with E-state index in [-0.39, 0.29) is 30.0 Å². The highest BCUT2D eigenvalue weighted by Gasteiger charge is 2.36. The molecule has 0 bridgehead atoms.